The van der Waals surface area contributed by atoms with E-state index in [2.05, 4.69) is 10.0 Å². The van der Waals surface area contributed by atoms with Gasteiger partial charge in [0.05, 0.1) is 0 Å². The summed E-state index contributed by atoms with van der Waals surface area (Å²) in [5, 5.41) is 3.21. The van der Waals surface area contributed by atoms with E-state index in [4.69, 9.17) is 0 Å². The lowest BCUT2D eigenvalue weighted by Gasteiger charge is -2.29. The first-order chi connectivity index (χ1) is 9.47. The quantitative estimate of drug-likeness (QED) is 0.638. The van der Waals surface area contributed by atoms with Crippen molar-refractivity contribution in [3.05, 3.63) is 0 Å². The summed E-state index contributed by atoms with van der Waals surface area (Å²) in [6, 6.07) is 0.0384. The zero-order valence-corrected chi connectivity index (χ0v) is 14.0. The largest absolute Gasteiger partial charge is 0.317 e. The van der Waals surface area contributed by atoms with E-state index in [9.17, 15) is 8.42 Å². The fraction of sp³-hybridized carbons (Fsp3) is 1.00. The summed E-state index contributed by atoms with van der Waals surface area (Å²) in [6.45, 7) is 6.38. The predicted octanol–water partition coefficient (Wildman–Crippen LogP) is 1.72. The van der Waals surface area contributed by atoms with Crippen LogP contribution < -0.4 is 10.0 Å². The molecule has 0 bridgehead atoms. The van der Waals surface area contributed by atoms with Crippen molar-refractivity contribution in [2.75, 3.05) is 26.7 Å². The van der Waals surface area contributed by atoms with Crippen LogP contribution in [-0.4, -0.2) is 45.4 Å². The first kappa shape index (κ1) is 17.9. The Labute approximate surface area is 124 Å². The summed E-state index contributed by atoms with van der Waals surface area (Å²) in [5.41, 5.74) is 0. The highest BCUT2D eigenvalue weighted by molar-refractivity contribution is 7.87. The maximum atomic E-state index is 12.2. The van der Waals surface area contributed by atoms with Crippen LogP contribution in [-0.2, 0) is 10.2 Å². The van der Waals surface area contributed by atoms with E-state index >= 15 is 0 Å². The van der Waals surface area contributed by atoms with Crippen molar-refractivity contribution in [2.24, 2.45) is 5.92 Å². The number of nitrogens with one attached hydrogen (secondary N) is 2. The van der Waals surface area contributed by atoms with E-state index in [-0.39, 0.29) is 6.04 Å². The standard InChI is InChI=1S/C14H31N3O2S/c1-4-15-11-8-12-17(3)20(18,19)16-13(2)14-9-6-5-7-10-14/h13-16H,4-12H2,1-3H3. The lowest BCUT2D eigenvalue weighted by atomic mass is 9.85. The molecule has 6 heteroatoms. The Bertz CT molecular complexity index is 353. The van der Waals surface area contributed by atoms with Crippen LogP contribution in [0, 0.1) is 5.92 Å². The van der Waals surface area contributed by atoms with Gasteiger partial charge in [-0.15, -0.1) is 0 Å². The highest BCUT2D eigenvalue weighted by Crippen LogP contribution is 2.26. The van der Waals surface area contributed by atoms with Gasteiger partial charge in [0.25, 0.3) is 10.2 Å². The smallest absolute Gasteiger partial charge is 0.279 e. The first-order valence-electron chi connectivity index (χ1n) is 7.91. The van der Waals surface area contributed by atoms with Gasteiger partial charge in [0.1, 0.15) is 0 Å². The van der Waals surface area contributed by atoms with Crippen molar-refractivity contribution >= 4 is 10.2 Å². The monoisotopic (exact) mass is 305 g/mol. The molecule has 0 heterocycles. The molecule has 0 aromatic carbocycles. The molecule has 0 aromatic heterocycles. The molecule has 2 N–H and O–H groups in total. The summed E-state index contributed by atoms with van der Waals surface area (Å²) in [5.74, 6) is 0.494. The molecule has 1 rings (SSSR count). The maximum Gasteiger partial charge on any atom is 0.279 e. The molecule has 1 atom stereocenters. The number of hydrogen-bond acceptors (Lipinski definition) is 3. The van der Waals surface area contributed by atoms with E-state index in [1.165, 1.54) is 23.6 Å². The summed E-state index contributed by atoms with van der Waals surface area (Å²) < 4.78 is 28.8. The second kappa shape index (κ2) is 8.97. The SMILES string of the molecule is CCNCCCN(C)S(=O)(=O)NC(C)C1CCCCC1. The molecular formula is C14H31N3O2S. The maximum absolute atomic E-state index is 12.2. The molecular weight excluding hydrogens is 274 g/mol. The summed E-state index contributed by atoms with van der Waals surface area (Å²) in [7, 11) is -1.69. The van der Waals surface area contributed by atoms with Gasteiger partial charge in [-0.2, -0.15) is 17.4 Å². The Kier molecular flexibility index (Phi) is 8.02. The lowest BCUT2D eigenvalue weighted by molar-refractivity contribution is 0.298. The molecule has 120 valence electrons. The molecule has 1 fully saturated rings. The van der Waals surface area contributed by atoms with E-state index < -0.39 is 10.2 Å². The second-order valence-corrected chi connectivity index (χ2v) is 7.65. The number of rotatable bonds is 9. The Morgan fingerprint density at radius 3 is 2.50 bits per heavy atom. The van der Waals surface area contributed by atoms with Crippen molar-refractivity contribution in [3.63, 3.8) is 0 Å². The number of nitrogens with zero attached hydrogens (tertiary/aromatic N) is 1. The molecule has 0 radical (unpaired) electrons. The van der Waals surface area contributed by atoms with Crippen LogP contribution in [0.3, 0.4) is 0 Å². The molecule has 0 saturated heterocycles. The van der Waals surface area contributed by atoms with Crippen molar-refractivity contribution in [3.8, 4) is 0 Å². The van der Waals surface area contributed by atoms with E-state index in [1.54, 1.807) is 7.05 Å². The van der Waals surface area contributed by atoms with Gasteiger partial charge < -0.3 is 5.32 Å². The van der Waals surface area contributed by atoms with Crippen LogP contribution in [0.2, 0.25) is 0 Å². The van der Waals surface area contributed by atoms with Gasteiger partial charge in [-0.3, -0.25) is 0 Å². The topological polar surface area (TPSA) is 61.4 Å². The Balaban J connectivity index is 2.38. The zero-order valence-electron chi connectivity index (χ0n) is 13.2. The van der Waals surface area contributed by atoms with Crippen molar-refractivity contribution < 1.29 is 8.42 Å². The molecule has 1 aliphatic rings. The normalized spacial score (nSPS) is 19.4. The third-order valence-electron chi connectivity index (χ3n) is 4.18. The zero-order chi connectivity index (χ0) is 15.0. The third kappa shape index (κ3) is 6.08. The fourth-order valence-corrected chi connectivity index (χ4v) is 3.99. The molecule has 0 spiro atoms. The van der Waals surface area contributed by atoms with Crippen LogP contribution in [0.25, 0.3) is 0 Å². The average molecular weight is 305 g/mol. The van der Waals surface area contributed by atoms with E-state index in [0.717, 1.165) is 32.4 Å². The molecule has 1 saturated carbocycles. The Hall–Kier alpha value is -0.170. The van der Waals surface area contributed by atoms with Crippen LogP contribution in [0.5, 0.6) is 0 Å². The van der Waals surface area contributed by atoms with Crippen LogP contribution >= 0.6 is 0 Å². The summed E-state index contributed by atoms with van der Waals surface area (Å²) >= 11 is 0. The van der Waals surface area contributed by atoms with Gasteiger partial charge in [-0.05, 0) is 45.2 Å². The molecule has 1 unspecified atom stereocenters. The Morgan fingerprint density at radius 2 is 1.90 bits per heavy atom. The minimum Gasteiger partial charge on any atom is -0.317 e. The highest BCUT2D eigenvalue weighted by atomic mass is 32.2. The van der Waals surface area contributed by atoms with Gasteiger partial charge >= 0.3 is 0 Å². The van der Waals surface area contributed by atoms with Crippen LogP contribution in [0.1, 0.15) is 52.4 Å². The highest BCUT2D eigenvalue weighted by Gasteiger charge is 2.26. The van der Waals surface area contributed by atoms with E-state index in [0.29, 0.717) is 12.5 Å². The minimum absolute atomic E-state index is 0.0384. The fourth-order valence-electron chi connectivity index (χ4n) is 2.78. The summed E-state index contributed by atoms with van der Waals surface area (Å²) in [4.78, 5) is 0. The molecule has 5 nitrogen and oxygen atoms in total. The van der Waals surface area contributed by atoms with Crippen LogP contribution in [0.4, 0.5) is 0 Å². The van der Waals surface area contributed by atoms with Crippen molar-refractivity contribution in [1.29, 1.82) is 0 Å². The van der Waals surface area contributed by atoms with Gasteiger partial charge in [-0.1, -0.05) is 26.2 Å². The number of hydrogen-bond donors (Lipinski definition) is 2. The molecule has 0 aliphatic heterocycles. The lowest BCUT2D eigenvalue weighted by Crippen LogP contribution is -2.46. The van der Waals surface area contributed by atoms with Gasteiger partial charge in [0, 0.05) is 19.6 Å². The average Bonchev–Trinajstić information content (AvgIpc) is 2.43. The van der Waals surface area contributed by atoms with Gasteiger partial charge in [-0.25, -0.2) is 0 Å². The molecule has 1 aliphatic carbocycles. The van der Waals surface area contributed by atoms with E-state index in [1.807, 2.05) is 13.8 Å². The molecule has 0 amide bonds. The van der Waals surface area contributed by atoms with Gasteiger partial charge in [0.2, 0.25) is 0 Å². The van der Waals surface area contributed by atoms with Crippen molar-refractivity contribution in [2.45, 2.75) is 58.4 Å². The first-order valence-corrected chi connectivity index (χ1v) is 9.35. The molecule has 0 aromatic rings. The minimum atomic E-state index is -3.34. The second-order valence-electron chi connectivity index (χ2n) is 5.84. The van der Waals surface area contributed by atoms with Gasteiger partial charge in [0.15, 0.2) is 0 Å². The van der Waals surface area contributed by atoms with Crippen LogP contribution in [0.15, 0.2) is 0 Å². The third-order valence-corrected chi connectivity index (χ3v) is 5.85. The predicted molar refractivity (Wildman–Crippen MR) is 83.9 cm³/mol. The summed E-state index contributed by atoms with van der Waals surface area (Å²) in [6.07, 6.45) is 6.88. The molecule has 20 heavy (non-hydrogen) atoms. The van der Waals surface area contributed by atoms with Crippen molar-refractivity contribution in [1.82, 2.24) is 14.3 Å². The Morgan fingerprint density at radius 1 is 1.25 bits per heavy atom.